The summed E-state index contributed by atoms with van der Waals surface area (Å²) < 4.78 is 25.8. The van der Waals surface area contributed by atoms with E-state index in [0.717, 1.165) is 16.7 Å². The van der Waals surface area contributed by atoms with E-state index in [9.17, 15) is 19.2 Å². The third-order valence-corrected chi connectivity index (χ3v) is 5.36. The van der Waals surface area contributed by atoms with Crippen LogP contribution >= 0.6 is 11.8 Å². The Morgan fingerprint density at radius 3 is 2.56 bits per heavy atom. The second kappa shape index (κ2) is 11.4. The maximum atomic E-state index is 12.8. The molecule has 1 aliphatic heterocycles. The van der Waals surface area contributed by atoms with Crippen molar-refractivity contribution in [2.75, 3.05) is 26.9 Å². The number of carbonyl (C=O) groups is 4. The molecule has 0 atom stereocenters. The SMILES string of the molecule is CCOC(=O)COc1ccc(/C=C2/SC(=O)N(Cc3ccc(C(=O)OC)o3)C2=O)cc1OCC. The number of benzene rings is 1. The fraction of sp³-hybridized carbons (Fsp3) is 0.304. The third-order valence-electron chi connectivity index (χ3n) is 4.45. The van der Waals surface area contributed by atoms with Crippen molar-refractivity contribution in [3.05, 3.63) is 52.3 Å². The van der Waals surface area contributed by atoms with E-state index >= 15 is 0 Å². The number of thioether (sulfide) groups is 1. The Morgan fingerprint density at radius 1 is 1.06 bits per heavy atom. The van der Waals surface area contributed by atoms with E-state index in [0.29, 0.717) is 23.7 Å². The Balaban J connectivity index is 1.74. The first-order chi connectivity index (χ1) is 16.4. The zero-order chi connectivity index (χ0) is 24.7. The Bertz CT molecular complexity index is 1120. The molecular formula is C23H23NO9S. The molecule has 34 heavy (non-hydrogen) atoms. The maximum absolute atomic E-state index is 12.8. The molecule has 1 fully saturated rings. The van der Waals surface area contributed by atoms with E-state index in [1.165, 1.54) is 19.2 Å². The predicted molar refractivity (Wildman–Crippen MR) is 121 cm³/mol. The summed E-state index contributed by atoms with van der Waals surface area (Å²) in [6, 6.07) is 7.84. The van der Waals surface area contributed by atoms with E-state index in [1.807, 2.05) is 0 Å². The highest BCUT2D eigenvalue weighted by atomic mass is 32.2. The van der Waals surface area contributed by atoms with Crippen molar-refractivity contribution >= 4 is 40.9 Å². The van der Waals surface area contributed by atoms with Crippen LogP contribution in [0.15, 0.2) is 39.7 Å². The fourth-order valence-corrected chi connectivity index (χ4v) is 3.80. The maximum Gasteiger partial charge on any atom is 0.373 e. The van der Waals surface area contributed by atoms with Crippen LogP contribution in [0.2, 0.25) is 0 Å². The molecule has 2 heterocycles. The van der Waals surface area contributed by atoms with Crippen LogP contribution in [-0.2, 0) is 25.6 Å². The van der Waals surface area contributed by atoms with Crippen molar-refractivity contribution in [3.63, 3.8) is 0 Å². The molecule has 1 saturated heterocycles. The minimum atomic E-state index is -0.653. The average molecular weight is 490 g/mol. The number of nitrogens with zero attached hydrogens (tertiary/aromatic N) is 1. The molecule has 0 aliphatic carbocycles. The molecule has 2 aromatic rings. The van der Waals surface area contributed by atoms with E-state index in [1.54, 1.807) is 38.1 Å². The smallest absolute Gasteiger partial charge is 0.373 e. The van der Waals surface area contributed by atoms with Crippen LogP contribution in [0.25, 0.3) is 6.08 Å². The van der Waals surface area contributed by atoms with Crippen molar-refractivity contribution in [2.24, 2.45) is 0 Å². The minimum absolute atomic E-state index is 0.0197. The van der Waals surface area contributed by atoms with Gasteiger partial charge in [-0.3, -0.25) is 14.5 Å². The standard InChI is InChI=1S/C23H23NO9S/c1-4-30-18-10-14(6-8-16(18)32-13-20(25)31-5-2)11-19-21(26)24(23(28)34-19)12-15-7-9-17(33-15)22(27)29-3/h6-11H,4-5,12-13H2,1-3H3/b19-11+. The van der Waals surface area contributed by atoms with Crippen molar-refractivity contribution in [2.45, 2.75) is 20.4 Å². The number of furan rings is 1. The summed E-state index contributed by atoms with van der Waals surface area (Å²) in [5.41, 5.74) is 0.600. The second-order valence-corrected chi connectivity index (χ2v) is 7.75. The lowest BCUT2D eigenvalue weighted by atomic mass is 10.2. The quantitative estimate of drug-likeness (QED) is 0.361. The van der Waals surface area contributed by atoms with Gasteiger partial charge in [0, 0.05) is 0 Å². The van der Waals surface area contributed by atoms with E-state index < -0.39 is 23.1 Å². The van der Waals surface area contributed by atoms with Crippen LogP contribution in [0.5, 0.6) is 11.5 Å². The molecule has 2 amide bonds. The highest BCUT2D eigenvalue weighted by Crippen LogP contribution is 2.35. The lowest BCUT2D eigenvalue weighted by Crippen LogP contribution is -2.27. The van der Waals surface area contributed by atoms with Crippen molar-refractivity contribution in [1.82, 2.24) is 4.90 Å². The van der Waals surface area contributed by atoms with Crippen LogP contribution in [0.4, 0.5) is 4.79 Å². The number of esters is 2. The van der Waals surface area contributed by atoms with Crippen LogP contribution in [-0.4, -0.2) is 54.9 Å². The highest BCUT2D eigenvalue weighted by Gasteiger charge is 2.35. The molecule has 3 rings (SSSR count). The molecule has 0 unspecified atom stereocenters. The monoisotopic (exact) mass is 489 g/mol. The van der Waals surface area contributed by atoms with Crippen molar-refractivity contribution in [3.8, 4) is 11.5 Å². The number of methoxy groups -OCH3 is 1. The molecule has 1 aromatic carbocycles. The molecule has 0 spiro atoms. The summed E-state index contributed by atoms with van der Waals surface area (Å²) >= 11 is 0.789. The fourth-order valence-electron chi connectivity index (χ4n) is 2.96. The molecule has 180 valence electrons. The van der Waals surface area contributed by atoms with Gasteiger partial charge in [-0.15, -0.1) is 0 Å². The Morgan fingerprint density at radius 2 is 1.85 bits per heavy atom. The molecule has 10 nitrogen and oxygen atoms in total. The lowest BCUT2D eigenvalue weighted by molar-refractivity contribution is -0.145. The number of ether oxygens (including phenoxy) is 4. The summed E-state index contributed by atoms with van der Waals surface area (Å²) in [7, 11) is 1.22. The molecule has 0 saturated carbocycles. The van der Waals surface area contributed by atoms with Crippen LogP contribution in [0.1, 0.15) is 35.7 Å². The van der Waals surface area contributed by atoms with Crippen LogP contribution in [0, 0.1) is 0 Å². The minimum Gasteiger partial charge on any atom is -0.490 e. The third kappa shape index (κ3) is 5.98. The number of amides is 2. The summed E-state index contributed by atoms with van der Waals surface area (Å²) in [6.45, 7) is 3.72. The second-order valence-electron chi connectivity index (χ2n) is 6.76. The molecule has 11 heteroatoms. The van der Waals surface area contributed by atoms with Gasteiger partial charge in [0.15, 0.2) is 18.1 Å². The summed E-state index contributed by atoms with van der Waals surface area (Å²) in [5.74, 6) is -0.672. The lowest BCUT2D eigenvalue weighted by Gasteiger charge is -2.12. The van der Waals surface area contributed by atoms with Crippen LogP contribution < -0.4 is 9.47 Å². The van der Waals surface area contributed by atoms with Gasteiger partial charge >= 0.3 is 11.9 Å². The number of hydrogen-bond donors (Lipinski definition) is 0. The number of imide groups is 1. The Hall–Kier alpha value is -3.73. The number of carbonyl (C=O) groups excluding carboxylic acids is 4. The Labute approximate surface area is 199 Å². The first-order valence-electron chi connectivity index (χ1n) is 10.3. The van der Waals surface area contributed by atoms with Gasteiger partial charge in [0.05, 0.1) is 31.8 Å². The van der Waals surface area contributed by atoms with Crippen molar-refractivity contribution < 1.29 is 42.5 Å². The summed E-state index contributed by atoms with van der Waals surface area (Å²) in [5, 5.41) is -0.466. The molecule has 0 N–H and O–H groups in total. The summed E-state index contributed by atoms with van der Waals surface area (Å²) in [4.78, 5) is 49.6. The molecule has 0 radical (unpaired) electrons. The number of hydrogen-bond acceptors (Lipinski definition) is 10. The molecule has 1 aliphatic rings. The normalized spacial score (nSPS) is 14.4. The van der Waals surface area contributed by atoms with E-state index in [2.05, 4.69) is 4.74 Å². The van der Waals surface area contributed by atoms with Gasteiger partial charge in [-0.25, -0.2) is 9.59 Å². The largest absolute Gasteiger partial charge is 0.490 e. The first kappa shape index (κ1) is 24.9. The Kier molecular flexibility index (Phi) is 8.36. The zero-order valence-electron chi connectivity index (χ0n) is 18.8. The summed E-state index contributed by atoms with van der Waals surface area (Å²) in [6.07, 6.45) is 1.56. The van der Waals surface area contributed by atoms with Crippen molar-refractivity contribution in [1.29, 1.82) is 0 Å². The van der Waals surface area contributed by atoms with Gasteiger partial charge in [-0.05, 0) is 61.5 Å². The van der Waals surface area contributed by atoms with Gasteiger partial charge in [-0.1, -0.05) is 6.07 Å². The van der Waals surface area contributed by atoms with Gasteiger partial charge in [0.2, 0.25) is 5.76 Å². The van der Waals surface area contributed by atoms with Gasteiger partial charge in [-0.2, -0.15) is 0 Å². The molecular weight excluding hydrogens is 466 g/mol. The predicted octanol–water partition coefficient (Wildman–Crippen LogP) is 3.64. The topological polar surface area (TPSA) is 122 Å². The van der Waals surface area contributed by atoms with E-state index in [-0.39, 0.29) is 36.2 Å². The first-order valence-corrected chi connectivity index (χ1v) is 11.2. The number of rotatable bonds is 10. The highest BCUT2D eigenvalue weighted by molar-refractivity contribution is 8.18. The zero-order valence-corrected chi connectivity index (χ0v) is 19.6. The van der Waals surface area contributed by atoms with Crippen LogP contribution in [0.3, 0.4) is 0 Å². The van der Waals surface area contributed by atoms with Gasteiger partial charge in [0.25, 0.3) is 11.1 Å². The molecule has 0 bridgehead atoms. The van der Waals surface area contributed by atoms with Gasteiger partial charge < -0.3 is 23.4 Å². The molecule has 1 aromatic heterocycles. The van der Waals surface area contributed by atoms with Gasteiger partial charge in [0.1, 0.15) is 5.76 Å². The average Bonchev–Trinajstić information content (AvgIpc) is 3.39. The van der Waals surface area contributed by atoms with E-state index in [4.69, 9.17) is 18.6 Å².